The summed E-state index contributed by atoms with van der Waals surface area (Å²) in [6.07, 6.45) is 0. The van der Waals surface area contributed by atoms with Crippen molar-refractivity contribution < 1.29 is 13.2 Å². The van der Waals surface area contributed by atoms with Crippen LogP contribution in [0.4, 0.5) is 5.69 Å². The first-order valence-electron chi connectivity index (χ1n) is 5.42. The molecule has 0 saturated carbocycles. The van der Waals surface area contributed by atoms with Crippen LogP contribution in [0.15, 0.2) is 24.3 Å². The van der Waals surface area contributed by atoms with Gasteiger partial charge in [0.2, 0.25) is 15.9 Å². The molecule has 19 heavy (non-hydrogen) atoms. The van der Waals surface area contributed by atoms with Crippen molar-refractivity contribution in [2.45, 2.75) is 12.7 Å². The Morgan fingerprint density at radius 2 is 2.05 bits per heavy atom. The van der Waals surface area contributed by atoms with E-state index < -0.39 is 10.0 Å². The highest BCUT2D eigenvalue weighted by Gasteiger charge is 2.11. The number of primary sulfonamides is 1. The number of nitrogens with two attached hydrogens (primary N) is 2. The van der Waals surface area contributed by atoms with Crippen molar-refractivity contribution >= 4 is 34.0 Å². The lowest BCUT2D eigenvalue weighted by molar-refractivity contribution is -0.119. The highest BCUT2D eigenvalue weighted by molar-refractivity contribution is 7.88. The summed E-state index contributed by atoms with van der Waals surface area (Å²) in [6, 6.07) is 6.54. The summed E-state index contributed by atoms with van der Waals surface area (Å²) < 4.78 is 21.9. The van der Waals surface area contributed by atoms with Gasteiger partial charge in [0.05, 0.1) is 5.75 Å². The molecular formula is C11H18ClN3O3S. The van der Waals surface area contributed by atoms with Gasteiger partial charge < -0.3 is 11.1 Å². The molecule has 0 fully saturated rings. The summed E-state index contributed by atoms with van der Waals surface area (Å²) in [5, 5.41) is 7.62. The largest absolute Gasteiger partial charge is 0.330 e. The first-order valence-corrected chi connectivity index (χ1v) is 7.13. The van der Waals surface area contributed by atoms with Crippen LogP contribution in [0, 0.1) is 5.92 Å². The maximum Gasteiger partial charge on any atom is 0.228 e. The molecule has 1 unspecified atom stereocenters. The van der Waals surface area contributed by atoms with Crippen LogP contribution >= 0.6 is 12.4 Å². The van der Waals surface area contributed by atoms with Crippen LogP contribution in [0.5, 0.6) is 0 Å². The second kappa shape index (κ2) is 7.44. The molecule has 0 aliphatic carbocycles. The molecule has 1 amide bonds. The number of hydrogen-bond acceptors (Lipinski definition) is 4. The molecule has 1 aromatic rings. The molecule has 1 aromatic carbocycles. The summed E-state index contributed by atoms with van der Waals surface area (Å²) in [5.41, 5.74) is 6.44. The fourth-order valence-corrected chi connectivity index (χ4v) is 1.99. The van der Waals surface area contributed by atoms with Gasteiger partial charge in [0.15, 0.2) is 0 Å². The van der Waals surface area contributed by atoms with Crippen LogP contribution in [-0.2, 0) is 20.6 Å². The van der Waals surface area contributed by atoms with Gasteiger partial charge in [-0.2, -0.15) is 0 Å². The predicted molar refractivity (Wildman–Crippen MR) is 77.3 cm³/mol. The number of rotatable bonds is 5. The number of halogens is 1. The number of nitrogens with one attached hydrogen (secondary N) is 1. The van der Waals surface area contributed by atoms with Crippen molar-refractivity contribution in [3.63, 3.8) is 0 Å². The molecule has 0 aromatic heterocycles. The third kappa shape index (κ3) is 6.53. The Hall–Kier alpha value is -1.15. The Labute approximate surface area is 119 Å². The minimum Gasteiger partial charge on any atom is -0.330 e. The van der Waals surface area contributed by atoms with E-state index in [1.807, 2.05) is 0 Å². The van der Waals surface area contributed by atoms with Gasteiger partial charge in [0.1, 0.15) is 0 Å². The fraction of sp³-hybridized carbons (Fsp3) is 0.364. The Morgan fingerprint density at radius 3 is 2.58 bits per heavy atom. The van der Waals surface area contributed by atoms with Gasteiger partial charge in [-0.25, -0.2) is 13.6 Å². The van der Waals surface area contributed by atoms with Crippen molar-refractivity contribution in [3.05, 3.63) is 29.8 Å². The predicted octanol–water partition coefficient (Wildman–Crippen LogP) is 0.430. The van der Waals surface area contributed by atoms with Gasteiger partial charge in [-0.15, -0.1) is 12.4 Å². The van der Waals surface area contributed by atoms with E-state index in [4.69, 9.17) is 10.9 Å². The average Bonchev–Trinajstić information content (AvgIpc) is 2.26. The maximum atomic E-state index is 11.6. The third-order valence-corrected chi connectivity index (χ3v) is 3.10. The molecule has 0 saturated heterocycles. The van der Waals surface area contributed by atoms with Crippen LogP contribution in [-0.4, -0.2) is 20.9 Å². The van der Waals surface area contributed by atoms with E-state index in [9.17, 15) is 13.2 Å². The highest BCUT2D eigenvalue weighted by Crippen LogP contribution is 2.13. The maximum absolute atomic E-state index is 11.6. The topological polar surface area (TPSA) is 115 Å². The van der Waals surface area contributed by atoms with E-state index in [2.05, 4.69) is 5.32 Å². The van der Waals surface area contributed by atoms with E-state index in [0.717, 1.165) is 0 Å². The third-order valence-electron chi connectivity index (χ3n) is 2.36. The molecule has 8 heteroatoms. The molecule has 0 heterocycles. The molecule has 0 bridgehead atoms. The Morgan fingerprint density at radius 1 is 1.42 bits per heavy atom. The summed E-state index contributed by atoms with van der Waals surface area (Å²) >= 11 is 0. The van der Waals surface area contributed by atoms with E-state index in [1.165, 1.54) is 0 Å². The van der Waals surface area contributed by atoms with Gasteiger partial charge in [0, 0.05) is 18.2 Å². The molecule has 1 atom stereocenters. The van der Waals surface area contributed by atoms with Crippen LogP contribution < -0.4 is 16.2 Å². The summed E-state index contributed by atoms with van der Waals surface area (Å²) in [5.74, 6) is -0.763. The minimum atomic E-state index is -3.58. The van der Waals surface area contributed by atoms with Gasteiger partial charge >= 0.3 is 0 Å². The zero-order valence-corrected chi connectivity index (χ0v) is 12.1. The minimum absolute atomic E-state index is 0. The lowest BCUT2D eigenvalue weighted by atomic mass is 10.1. The monoisotopic (exact) mass is 307 g/mol. The number of carbonyl (C=O) groups is 1. The fourth-order valence-electron chi connectivity index (χ4n) is 1.34. The van der Waals surface area contributed by atoms with E-state index in [1.54, 1.807) is 31.2 Å². The van der Waals surface area contributed by atoms with Crippen LogP contribution in [0.2, 0.25) is 0 Å². The van der Waals surface area contributed by atoms with Crippen LogP contribution in [0.25, 0.3) is 0 Å². The summed E-state index contributed by atoms with van der Waals surface area (Å²) in [4.78, 5) is 11.6. The highest BCUT2D eigenvalue weighted by atomic mass is 35.5. The zero-order valence-electron chi connectivity index (χ0n) is 10.5. The smallest absolute Gasteiger partial charge is 0.228 e. The van der Waals surface area contributed by atoms with E-state index in [-0.39, 0.29) is 36.5 Å². The van der Waals surface area contributed by atoms with Crippen molar-refractivity contribution in [1.29, 1.82) is 0 Å². The second-order valence-electron chi connectivity index (χ2n) is 4.13. The van der Waals surface area contributed by atoms with Gasteiger partial charge in [-0.3, -0.25) is 4.79 Å². The molecule has 6 nitrogen and oxygen atoms in total. The van der Waals surface area contributed by atoms with Crippen molar-refractivity contribution in [3.8, 4) is 0 Å². The lowest BCUT2D eigenvalue weighted by Gasteiger charge is -2.10. The number of benzene rings is 1. The van der Waals surface area contributed by atoms with Gasteiger partial charge in [-0.05, 0) is 17.7 Å². The normalized spacial score (nSPS) is 12.4. The van der Waals surface area contributed by atoms with E-state index >= 15 is 0 Å². The quantitative estimate of drug-likeness (QED) is 0.731. The van der Waals surface area contributed by atoms with Gasteiger partial charge in [0.25, 0.3) is 0 Å². The first kappa shape index (κ1) is 17.8. The second-order valence-corrected chi connectivity index (χ2v) is 5.75. The summed E-state index contributed by atoms with van der Waals surface area (Å²) in [6.45, 7) is 1.96. The Kier molecular flexibility index (Phi) is 6.99. The first-order chi connectivity index (χ1) is 8.31. The van der Waals surface area contributed by atoms with Crippen molar-refractivity contribution in [2.75, 3.05) is 11.9 Å². The number of amides is 1. The molecule has 0 aliphatic rings. The molecule has 0 radical (unpaired) electrons. The zero-order chi connectivity index (χ0) is 13.8. The van der Waals surface area contributed by atoms with Crippen molar-refractivity contribution in [2.24, 2.45) is 16.8 Å². The van der Waals surface area contributed by atoms with Crippen LogP contribution in [0.3, 0.4) is 0 Å². The molecular weight excluding hydrogens is 290 g/mol. The number of hydrogen-bond donors (Lipinski definition) is 3. The summed E-state index contributed by atoms with van der Waals surface area (Å²) in [7, 11) is -3.58. The molecule has 108 valence electrons. The standard InChI is InChI=1S/C11H17N3O3S.ClH/c1-8(6-12)11(15)14-10-4-2-3-9(5-10)7-18(13,16)17;/h2-5,8H,6-7,12H2,1H3,(H,14,15)(H2,13,16,17);1H. The van der Waals surface area contributed by atoms with Crippen molar-refractivity contribution in [1.82, 2.24) is 0 Å². The number of carbonyl (C=O) groups excluding carboxylic acids is 1. The SMILES string of the molecule is CC(CN)C(=O)Nc1cccc(CS(N)(=O)=O)c1.Cl. The molecule has 5 N–H and O–H groups in total. The Balaban J connectivity index is 0.00000324. The number of anilines is 1. The lowest BCUT2D eigenvalue weighted by Crippen LogP contribution is -2.26. The average molecular weight is 308 g/mol. The Bertz CT molecular complexity index is 534. The van der Waals surface area contributed by atoms with Crippen LogP contribution in [0.1, 0.15) is 12.5 Å². The van der Waals surface area contributed by atoms with Gasteiger partial charge in [-0.1, -0.05) is 19.1 Å². The molecule has 0 aliphatic heterocycles. The molecule has 1 rings (SSSR count). The molecule has 0 spiro atoms. The number of sulfonamides is 1. The van der Waals surface area contributed by atoms with E-state index in [0.29, 0.717) is 11.3 Å².